The van der Waals surface area contributed by atoms with Crippen LogP contribution in [0.4, 0.5) is 0 Å². The molecule has 0 N–H and O–H groups in total. The van der Waals surface area contributed by atoms with Gasteiger partial charge in [-0.05, 0) is 31.9 Å². The van der Waals surface area contributed by atoms with Crippen LogP contribution >= 0.6 is 0 Å². The van der Waals surface area contributed by atoms with Crippen LogP contribution in [0.15, 0.2) is 24.3 Å². The number of ether oxygens (including phenoxy) is 1. The molecule has 5 nitrogen and oxygen atoms in total. The van der Waals surface area contributed by atoms with E-state index in [1.807, 2.05) is 41.0 Å². The van der Waals surface area contributed by atoms with E-state index >= 15 is 0 Å². The van der Waals surface area contributed by atoms with Crippen LogP contribution in [0.1, 0.15) is 28.8 Å². The fraction of sp³-hybridized carbons (Fsp3) is 0.529. The summed E-state index contributed by atoms with van der Waals surface area (Å²) in [5, 5.41) is 0. The molecule has 0 aromatic heterocycles. The second-order valence-corrected chi connectivity index (χ2v) is 5.99. The lowest BCUT2D eigenvalue weighted by Crippen LogP contribution is -2.52. The monoisotopic (exact) mass is 302 g/mol. The number of nitrogens with zero attached hydrogens (tertiary/aromatic N) is 2. The van der Waals surface area contributed by atoms with Crippen LogP contribution in [0.2, 0.25) is 0 Å². The molecule has 2 aliphatic rings. The van der Waals surface area contributed by atoms with Gasteiger partial charge in [0.05, 0.1) is 0 Å². The first kappa shape index (κ1) is 15.0. The number of carbonyl (C=O) groups excluding carboxylic acids is 2. The molecule has 22 heavy (non-hydrogen) atoms. The standard InChI is InChI=1S/C17H22N2O3/c1-13-4-2-5-14(12-13)16(20)18-7-9-19(10-8-18)17(21)15-6-3-11-22-15/h2,4-5,12,15H,3,6-11H2,1H3/t15-/m1/s1. The molecule has 1 aromatic carbocycles. The maximum absolute atomic E-state index is 12.5. The van der Waals surface area contributed by atoms with Crippen LogP contribution in [0.25, 0.3) is 0 Å². The third kappa shape index (κ3) is 3.14. The van der Waals surface area contributed by atoms with Gasteiger partial charge in [-0.1, -0.05) is 17.7 Å². The zero-order valence-corrected chi connectivity index (χ0v) is 13.0. The van der Waals surface area contributed by atoms with E-state index in [9.17, 15) is 9.59 Å². The van der Waals surface area contributed by atoms with Crippen LogP contribution in [-0.2, 0) is 9.53 Å². The number of hydrogen-bond acceptors (Lipinski definition) is 3. The Bertz CT molecular complexity index is 559. The third-order valence-electron chi connectivity index (χ3n) is 4.35. The SMILES string of the molecule is Cc1cccc(C(=O)N2CCN(C(=O)[C@H]3CCCO3)CC2)c1. The van der Waals surface area contributed by atoms with E-state index in [0.717, 1.165) is 24.0 Å². The smallest absolute Gasteiger partial charge is 0.253 e. The van der Waals surface area contributed by atoms with Crippen LogP contribution in [0.3, 0.4) is 0 Å². The summed E-state index contributed by atoms with van der Waals surface area (Å²) in [7, 11) is 0. The number of rotatable bonds is 2. The van der Waals surface area contributed by atoms with Crippen LogP contribution in [0.5, 0.6) is 0 Å². The number of aryl methyl sites for hydroxylation is 1. The van der Waals surface area contributed by atoms with Crippen molar-refractivity contribution in [2.45, 2.75) is 25.9 Å². The molecular weight excluding hydrogens is 280 g/mol. The fourth-order valence-corrected chi connectivity index (χ4v) is 3.07. The molecule has 0 radical (unpaired) electrons. The molecule has 1 atom stereocenters. The summed E-state index contributed by atoms with van der Waals surface area (Å²) in [4.78, 5) is 28.4. The predicted molar refractivity (Wildman–Crippen MR) is 82.6 cm³/mol. The summed E-state index contributed by atoms with van der Waals surface area (Å²) in [5.74, 6) is 0.132. The van der Waals surface area contributed by atoms with Crippen LogP contribution in [0, 0.1) is 6.92 Å². The van der Waals surface area contributed by atoms with Crippen molar-refractivity contribution in [2.24, 2.45) is 0 Å². The van der Waals surface area contributed by atoms with Crippen molar-refractivity contribution in [3.8, 4) is 0 Å². The first-order valence-corrected chi connectivity index (χ1v) is 7.91. The van der Waals surface area contributed by atoms with Crippen molar-refractivity contribution >= 4 is 11.8 Å². The lowest BCUT2D eigenvalue weighted by atomic mass is 10.1. The topological polar surface area (TPSA) is 49.9 Å². The second-order valence-electron chi connectivity index (χ2n) is 5.99. The molecule has 0 unspecified atom stereocenters. The molecule has 2 fully saturated rings. The lowest BCUT2D eigenvalue weighted by Gasteiger charge is -2.35. The molecule has 118 valence electrons. The number of carbonyl (C=O) groups is 2. The highest BCUT2D eigenvalue weighted by Crippen LogP contribution is 2.17. The molecule has 0 bridgehead atoms. The summed E-state index contributed by atoms with van der Waals surface area (Å²) in [6.45, 7) is 5.03. The van der Waals surface area contributed by atoms with Crippen molar-refractivity contribution in [3.63, 3.8) is 0 Å². The van der Waals surface area contributed by atoms with Gasteiger partial charge in [-0.2, -0.15) is 0 Å². The number of piperazine rings is 1. The van der Waals surface area contributed by atoms with Gasteiger partial charge in [0.1, 0.15) is 6.10 Å². The summed E-state index contributed by atoms with van der Waals surface area (Å²) in [5.41, 5.74) is 1.80. The average Bonchev–Trinajstić information content (AvgIpc) is 3.08. The van der Waals surface area contributed by atoms with Crippen LogP contribution in [-0.4, -0.2) is 60.5 Å². The summed E-state index contributed by atoms with van der Waals surface area (Å²) in [6, 6.07) is 7.64. The number of hydrogen-bond donors (Lipinski definition) is 0. The molecule has 2 heterocycles. The molecule has 5 heteroatoms. The van der Waals surface area contributed by atoms with E-state index in [4.69, 9.17) is 4.74 Å². The Morgan fingerprint density at radius 2 is 1.86 bits per heavy atom. The van der Waals surface area contributed by atoms with Gasteiger partial charge < -0.3 is 14.5 Å². The first-order chi connectivity index (χ1) is 10.6. The Kier molecular flexibility index (Phi) is 4.43. The van der Waals surface area contributed by atoms with Crippen molar-refractivity contribution in [1.29, 1.82) is 0 Å². The zero-order valence-electron chi connectivity index (χ0n) is 13.0. The maximum Gasteiger partial charge on any atom is 0.253 e. The van der Waals surface area contributed by atoms with Gasteiger partial charge in [-0.25, -0.2) is 0 Å². The molecule has 1 aromatic rings. The Morgan fingerprint density at radius 3 is 2.50 bits per heavy atom. The zero-order chi connectivity index (χ0) is 15.5. The van der Waals surface area contributed by atoms with Crippen molar-refractivity contribution in [1.82, 2.24) is 9.80 Å². The highest BCUT2D eigenvalue weighted by Gasteiger charge is 2.31. The van der Waals surface area contributed by atoms with E-state index in [2.05, 4.69) is 0 Å². The van der Waals surface area contributed by atoms with E-state index in [0.29, 0.717) is 32.8 Å². The molecule has 0 aliphatic carbocycles. The van der Waals surface area contributed by atoms with Crippen molar-refractivity contribution in [2.75, 3.05) is 32.8 Å². The molecular formula is C17H22N2O3. The minimum absolute atomic E-state index is 0.0490. The van der Waals surface area contributed by atoms with Crippen molar-refractivity contribution in [3.05, 3.63) is 35.4 Å². The van der Waals surface area contributed by atoms with E-state index in [-0.39, 0.29) is 17.9 Å². The first-order valence-electron chi connectivity index (χ1n) is 7.91. The Morgan fingerprint density at radius 1 is 1.14 bits per heavy atom. The summed E-state index contributed by atoms with van der Waals surface area (Å²) >= 11 is 0. The molecule has 0 spiro atoms. The highest BCUT2D eigenvalue weighted by molar-refractivity contribution is 5.94. The van der Waals surface area contributed by atoms with E-state index < -0.39 is 0 Å². The molecule has 2 saturated heterocycles. The van der Waals surface area contributed by atoms with Crippen LogP contribution < -0.4 is 0 Å². The number of amides is 2. The van der Waals surface area contributed by atoms with Gasteiger partial charge in [0, 0.05) is 38.3 Å². The van der Waals surface area contributed by atoms with Gasteiger partial charge >= 0.3 is 0 Å². The quantitative estimate of drug-likeness (QED) is 0.831. The van der Waals surface area contributed by atoms with Gasteiger partial charge in [0.2, 0.25) is 0 Å². The average molecular weight is 302 g/mol. The lowest BCUT2D eigenvalue weighted by molar-refractivity contribution is -0.142. The van der Waals surface area contributed by atoms with Gasteiger partial charge in [-0.15, -0.1) is 0 Å². The Hall–Kier alpha value is -1.88. The molecule has 3 rings (SSSR count). The third-order valence-corrected chi connectivity index (χ3v) is 4.35. The summed E-state index contributed by atoms with van der Waals surface area (Å²) in [6.07, 6.45) is 1.52. The van der Waals surface area contributed by atoms with E-state index in [1.54, 1.807) is 0 Å². The largest absolute Gasteiger partial charge is 0.368 e. The maximum atomic E-state index is 12.5. The van der Waals surface area contributed by atoms with Gasteiger partial charge in [0.15, 0.2) is 0 Å². The fourth-order valence-electron chi connectivity index (χ4n) is 3.07. The van der Waals surface area contributed by atoms with Gasteiger partial charge in [0.25, 0.3) is 11.8 Å². The number of benzene rings is 1. The normalized spacial score (nSPS) is 22.0. The van der Waals surface area contributed by atoms with Crippen molar-refractivity contribution < 1.29 is 14.3 Å². The Labute approximate surface area is 130 Å². The molecule has 2 aliphatic heterocycles. The summed E-state index contributed by atoms with van der Waals surface area (Å²) < 4.78 is 5.45. The highest BCUT2D eigenvalue weighted by atomic mass is 16.5. The minimum atomic E-state index is -0.265. The van der Waals surface area contributed by atoms with E-state index in [1.165, 1.54) is 0 Å². The molecule has 0 saturated carbocycles. The second kappa shape index (κ2) is 6.48. The Balaban J connectivity index is 1.57. The molecule has 2 amide bonds. The predicted octanol–water partition coefficient (Wildman–Crippen LogP) is 1.46. The van der Waals surface area contributed by atoms with Gasteiger partial charge in [-0.3, -0.25) is 9.59 Å². The minimum Gasteiger partial charge on any atom is -0.368 e.